The van der Waals surface area contributed by atoms with E-state index in [0.717, 1.165) is 12.8 Å². The van der Waals surface area contributed by atoms with E-state index >= 15 is 0 Å². The number of esters is 1. The summed E-state index contributed by atoms with van der Waals surface area (Å²) >= 11 is 0. The Morgan fingerprint density at radius 2 is 1.12 bits per heavy atom. The SMILES string of the molecule is C=CCOC(=O)CCCCCCCCCCCCCCCCC.[NaH]. The summed E-state index contributed by atoms with van der Waals surface area (Å²) in [5, 5.41) is 0. The summed E-state index contributed by atoms with van der Waals surface area (Å²) in [7, 11) is 0. The fraction of sp³-hybridized carbons (Fsp3) is 0.857. The molecule has 0 radical (unpaired) electrons. The molecule has 0 saturated carbocycles. The van der Waals surface area contributed by atoms with E-state index in [2.05, 4.69) is 13.5 Å². The van der Waals surface area contributed by atoms with Gasteiger partial charge in [0.05, 0.1) is 0 Å². The number of hydrogen-bond donors (Lipinski definition) is 0. The Labute approximate surface area is 173 Å². The minimum absolute atomic E-state index is 0. The van der Waals surface area contributed by atoms with Crippen LogP contribution in [0.4, 0.5) is 0 Å². The standard InChI is InChI=1S/C21H40O2.Na.H/c1-3-5-6-7-8-9-10-11-12-13-14-15-16-17-18-19-21(22)23-20-4-2;;/h4H,2-3,5-20H2,1H3;;. The second-order valence-corrected chi connectivity index (χ2v) is 6.67. The summed E-state index contributed by atoms with van der Waals surface area (Å²) < 4.78 is 4.95. The van der Waals surface area contributed by atoms with Gasteiger partial charge in [-0.2, -0.15) is 0 Å². The molecule has 0 aliphatic carbocycles. The third-order valence-corrected chi connectivity index (χ3v) is 4.35. The molecule has 0 atom stereocenters. The van der Waals surface area contributed by atoms with Crippen molar-refractivity contribution >= 4 is 35.5 Å². The molecule has 0 aromatic rings. The zero-order valence-electron chi connectivity index (χ0n) is 15.6. The van der Waals surface area contributed by atoms with Crippen LogP contribution < -0.4 is 0 Å². The Morgan fingerprint density at radius 1 is 0.750 bits per heavy atom. The van der Waals surface area contributed by atoms with E-state index in [1.54, 1.807) is 6.08 Å². The Kier molecular flexibility index (Phi) is 25.6. The van der Waals surface area contributed by atoms with Crippen molar-refractivity contribution in [2.45, 2.75) is 110 Å². The van der Waals surface area contributed by atoms with Gasteiger partial charge in [-0.1, -0.05) is 109 Å². The van der Waals surface area contributed by atoms with Crippen molar-refractivity contribution in [1.29, 1.82) is 0 Å². The molecular weight excluding hydrogens is 307 g/mol. The number of hydrogen-bond acceptors (Lipinski definition) is 2. The van der Waals surface area contributed by atoms with E-state index in [1.807, 2.05) is 0 Å². The predicted octanol–water partition coefficient (Wildman–Crippen LogP) is 6.33. The van der Waals surface area contributed by atoms with Gasteiger partial charge < -0.3 is 4.74 Å². The van der Waals surface area contributed by atoms with Gasteiger partial charge in [0.2, 0.25) is 0 Å². The molecule has 138 valence electrons. The molecule has 2 nitrogen and oxygen atoms in total. The maximum atomic E-state index is 11.3. The molecule has 0 rings (SSSR count). The number of carbonyl (C=O) groups is 1. The summed E-state index contributed by atoms with van der Waals surface area (Å²) in [4.78, 5) is 11.3. The number of carbonyl (C=O) groups excluding carboxylic acids is 1. The molecule has 0 heterocycles. The average molecular weight is 349 g/mol. The van der Waals surface area contributed by atoms with Crippen LogP contribution in [0.1, 0.15) is 110 Å². The first-order valence-corrected chi connectivity index (χ1v) is 10.1. The maximum absolute atomic E-state index is 11.3. The predicted molar refractivity (Wildman–Crippen MR) is 108 cm³/mol. The van der Waals surface area contributed by atoms with Crippen LogP contribution in [-0.4, -0.2) is 42.1 Å². The molecular formula is C21H41NaO2. The quantitative estimate of drug-likeness (QED) is 0.125. The van der Waals surface area contributed by atoms with Crippen LogP contribution in [0.25, 0.3) is 0 Å². The van der Waals surface area contributed by atoms with E-state index in [-0.39, 0.29) is 35.5 Å². The fourth-order valence-corrected chi connectivity index (χ4v) is 2.86. The van der Waals surface area contributed by atoms with Crippen LogP contribution >= 0.6 is 0 Å². The van der Waals surface area contributed by atoms with Gasteiger partial charge in [0.15, 0.2) is 0 Å². The third kappa shape index (κ3) is 22.2. The molecule has 3 heteroatoms. The molecule has 0 aromatic heterocycles. The van der Waals surface area contributed by atoms with Gasteiger partial charge in [-0.25, -0.2) is 0 Å². The van der Waals surface area contributed by atoms with E-state index in [0.29, 0.717) is 13.0 Å². The van der Waals surface area contributed by atoms with Gasteiger partial charge in [-0.15, -0.1) is 0 Å². The molecule has 0 fully saturated rings. The molecule has 0 N–H and O–H groups in total. The summed E-state index contributed by atoms with van der Waals surface area (Å²) in [5.74, 6) is -0.0837. The van der Waals surface area contributed by atoms with Crippen molar-refractivity contribution in [3.8, 4) is 0 Å². The van der Waals surface area contributed by atoms with Gasteiger partial charge >= 0.3 is 35.5 Å². The molecule has 0 amide bonds. The van der Waals surface area contributed by atoms with Crippen LogP contribution in [0, 0.1) is 0 Å². The molecule has 0 aliphatic heterocycles. The Hall–Kier alpha value is 0.210. The zero-order chi connectivity index (χ0) is 17.0. The van der Waals surface area contributed by atoms with Crippen LogP contribution in [0.5, 0.6) is 0 Å². The summed E-state index contributed by atoms with van der Waals surface area (Å²) in [6, 6.07) is 0. The van der Waals surface area contributed by atoms with Crippen LogP contribution in [0.3, 0.4) is 0 Å². The third-order valence-electron chi connectivity index (χ3n) is 4.35. The van der Waals surface area contributed by atoms with E-state index in [9.17, 15) is 4.79 Å². The van der Waals surface area contributed by atoms with E-state index in [4.69, 9.17) is 4.74 Å². The van der Waals surface area contributed by atoms with Crippen molar-refractivity contribution in [3.63, 3.8) is 0 Å². The van der Waals surface area contributed by atoms with Crippen molar-refractivity contribution in [1.82, 2.24) is 0 Å². The molecule has 24 heavy (non-hydrogen) atoms. The van der Waals surface area contributed by atoms with Crippen molar-refractivity contribution in [2.75, 3.05) is 6.61 Å². The van der Waals surface area contributed by atoms with Gasteiger partial charge in [0, 0.05) is 6.42 Å². The molecule has 0 aliphatic rings. The van der Waals surface area contributed by atoms with E-state index in [1.165, 1.54) is 83.5 Å². The number of rotatable bonds is 18. The van der Waals surface area contributed by atoms with Gasteiger partial charge in [0.25, 0.3) is 0 Å². The molecule has 0 saturated heterocycles. The molecule has 0 unspecified atom stereocenters. The Morgan fingerprint density at radius 3 is 1.50 bits per heavy atom. The Bertz CT molecular complexity index is 267. The van der Waals surface area contributed by atoms with Crippen molar-refractivity contribution in [2.24, 2.45) is 0 Å². The van der Waals surface area contributed by atoms with Gasteiger partial charge in [0.1, 0.15) is 6.61 Å². The first kappa shape index (κ1) is 26.4. The average Bonchev–Trinajstić information content (AvgIpc) is 2.56. The molecule has 0 bridgehead atoms. The summed E-state index contributed by atoms with van der Waals surface area (Å²) in [6.45, 7) is 6.15. The van der Waals surface area contributed by atoms with Crippen molar-refractivity contribution in [3.05, 3.63) is 12.7 Å². The Balaban J connectivity index is 0. The zero-order valence-corrected chi connectivity index (χ0v) is 15.6. The second kappa shape index (κ2) is 23.2. The monoisotopic (exact) mass is 348 g/mol. The normalized spacial score (nSPS) is 10.2. The minimum atomic E-state index is -0.0837. The van der Waals surface area contributed by atoms with Gasteiger partial charge in [-0.3, -0.25) is 4.79 Å². The summed E-state index contributed by atoms with van der Waals surface area (Å²) in [5.41, 5.74) is 0. The van der Waals surface area contributed by atoms with Gasteiger partial charge in [-0.05, 0) is 6.42 Å². The first-order chi connectivity index (χ1) is 11.3. The van der Waals surface area contributed by atoms with E-state index < -0.39 is 0 Å². The number of unbranched alkanes of at least 4 members (excludes halogenated alkanes) is 14. The van der Waals surface area contributed by atoms with Crippen molar-refractivity contribution < 1.29 is 9.53 Å². The molecule has 0 aromatic carbocycles. The van der Waals surface area contributed by atoms with Crippen LogP contribution in [0.15, 0.2) is 12.7 Å². The second-order valence-electron chi connectivity index (χ2n) is 6.67. The number of ether oxygens (including phenoxy) is 1. The topological polar surface area (TPSA) is 26.3 Å². The van der Waals surface area contributed by atoms with Crippen LogP contribution in [-0.2, 0) is 9.53 Å². The fourth-order valence-electron chi connectivity index (χ4n) is 2.86. The molecule has 0 spiro atoms. The van der Waals surface area contributed by atoms with Crippen LogP contribution in [0.2, 0.25) is 0 Å². The summed E-state index contributed by atoms with van der Waals surface area (Å²) in [6.07, 6.45) is 22.4. The first-order valence-electron chi connectivity index (χ1n) is 10.1.